The molecule has 0 saturated heterocycles. The van der Waals surface area contributed by atoms with Crippen LogP contribution in [0.3, 0.4) is 0 Å². The summed E-state index contributed by atoms with van der Waals surface area (Å²) in [4.78, 5) is 100.0. The number of phenols is 1. The van der Waals surface area contributed by atoms with Gasteiger partial charge in [-0.2, -0.15) is 0 Å². The van der Waals surface area contributed by atoms with Crippen LogP contribution in [0.4, 0.5) is 28.4 Å². The molecule has 0 unspecified atom stereocenters. The van der Waals surface area contributed by atoms with E-state index < -0.39 is 70.4 Å². The molecule has 5 rings (SSSR count). The number of aromatic carboxylic acids is 1. The molecule has 2 atom stereocenters. The summed E-state index contributed by atoms with van der Waals surface area (Å²) in [5.41, 5.74) is 0.146. The quantitative estimate of drug-likeness (QED) is 0.0339. The van der Waals surface area contributed by atoms with E-state index in [1.165, 1.54) is 103 Å². The number of hydrogen-bond acceptors (Lipinski definition) is 13. The second-order valence-corrected chi connectivity index (χ2v) is 14.9. The number of aromatic hydroxyl groups is 1. The van der Waals surface area contributed by atoms with Crippen molar-refractivity contribution in [2.45, 2.75) is 52.0 Å². The number of nitrogens with zero attached hydrogens (tertiary/aromatic N) is 1. The van der Waals surface area contributed by atoms with E-state index >= 15 is 0 Å². The molecule has 8 N–H and O–H groups in total. The number of amides is 5. The molecule has 0 aliphatic rings. The molecule has 0 aliphatic carbocycles. The number of carboxylic acid groups (broad SMARTS) is 2. The van der Waals surface area contributed by atoms with Crippen molar-refractivity contribution in [3.05, 3.63) is 141 Å². The van der Waals surface area contributed by atoms with Crippen LogP contribution in [0.2, 0.25) is 0 Å². The van der Waals surface area contributed by atoms with Gasteiger partial charge in [0.2, 0.25) is 0 Å². The molecule has 5 aromatic carbocycles. The second kappa shape index (κ2) is 21.7. The molecule has 5 aromatic rings. The molecule has 0 aliphatic heterocycles. The minimum absolute atomic E-state index is 0.00754. The molecule has 0 spiro atoms. The highest BCUT2D eigenvalue weighted by Gasteiger charge is 2.36. The molecule has 0 heterocycles. The summed E-state index contributed by atoms with van der Waals surface area (Å²) in [7, 11) is 1.07. The van der Waals surface area contributed by atoms with Gasteiger partial charge in [-0.15, -0.1) is 0 Å². The lowest BCUT2D eigenvalue weighted by Gasteiger charge is -2.23. The number of anilines is 4. The first-order chi connectivity index (χ1) is 31.8. The standard InChI is InChI=1S/C46H44N6O15/c1-23(2)66-35-22-28(45(59)60)12-20-33(35)49-43(57)32-19-21-34(38(37(32)53)67-24(3)4)50-41(55)25-6-15-30(16-7-25)48-44(58)39(65-5)36(46(61)62)51-42(56)26-8-13-29(14-9-26)47-40(54)27-10-17-31(18-11-27)52(63)64/h6-24,36,39,53H,1-5H3,(H,47,54)(H,48,58)(H,49,57)(H,50,55)(H,51,56)(H,59,60)(H,61,62)/t36-,39-/m0/s1. The number of carbonyl (C=O) groups is 7. The van der Waals surface area contributed by atoms with Crippen molar-refractivity contribution in [2.24, 2.45) is 0 Å². The zero-order chi connectivity index (χ0) is 49.1. The van der Waals surface area contributed by atoms with E-state index in [9.17, 15) is 59.0 Å². The SMILES string of the molecule is CO[C@H](C(=O)Nc1ccc(C(=O)Nc2ccc(C(=O)Nc3ccc(C(=O)O)cc3OC(C)C)c(O)c2OC(C)C)cc1)[C@H](NC(=O)c1ccc(NC(=O)c2ccc([N+](=O)[O-])cc2)cc1)C(=O)O. The third kappa shape index (κ3) is 12.7. The van der Waals surface area contributed by atoms with E-state index in [0.717, 1.165) is 7.11 Å². The first-order valence-electron chi connectivity index (χ1n) is 20.1. The number of carbonyl (C=O) groups excluding carboxylic acids is 5. The zero-order valence-electron chi connectivity index (χ0n) is 36.3. The average molecular weight is 921 g/mol. The van der Waals surface area contributed by atoms with Crippen molar-refractivity contribution in [3.8, 4) is 17.2 Å². The fraction of sp³-hybridized carbons (Fsp3) is 0.196. The highest BCUT2D eigenvalue weighted by Crippen LogP contribution is 2.39. The second-order valence-electron chi connectivity index (χ2n) is 14.9. The van der Waals surface area contributed by atoms with Crippen LogP contribution in [0, 0.1) is 10.1 Å². The van der Waals surface area contributed by atoms with E-state index in [2.05, 4.69) is 26.6 Å². The van der Waals surface area contributed by atoms with Gasteiger partial charge in [-0.3, -0.25) is 34.1 Å². The van der Waals surface area contributed by atoms with E-state index in [1.54, 1.807) is 27.7 Å². The fourth-order valence-electron chi connectivity index (χ4n) is 6.15. The number of methoxy groups -OCH3 is 1. The van der Waals surface area contributed by atoms with Crippen molar-refractivity contribution in [2.75, 3.05) is 28.4 Å². The number of benzene rings is 5. The number of carboxylic acids is 2. The van der Waals surface area contributed by atoms with Gasteiger partial charge >= 0.3 is 11.9 Å². The third-order valence-corrected chi connectivity index (χ3v) is 9.34. The largest absolute Gasteiger partial charge is 0.504 e. The van der Waals surface area contributed by atoms with Gasteiger partial charge in [0.25, 0.3) is 35.2 Å². The Kier molecular flexibility index (Phi) is 15.9. The van der Waals surface area contributed by atoms with Crippen molar-refractivity contribution in [1.29, 1.82) is 0 Å². The predicted molar refractivity (Wildman–Crippen MR) is 241 cm³/mol. The van der Waals surface area contributed by atoms with Gasteiger partial charge in [-0.1, -0.05) is 0 Å². The smallest absolute Gasteiger partial charge is 0.335 e. The molecule has 0 fully saturated rings. The molecule has 21 heteroatoms. The molecule has 0 aromatic heterocycles. The minimum Gasteiger partial charge on any atom is -0.504 e. The van der Waals surface area contributed by atoms with Gasteiger partial charge < -0.3 is 56.1 Å². The summed E-state index contributed by atoms with van der Waals surface area (Å²) in [6.07, 6.45) is -2.66. The third-order valence-electron chi connectivity index (χ3n) is 9.34. The van der Waals surface area contributed by atoms with Crippen LogP contribution < -0.4 is 36.1 Å². The Balaban J connectivity index is 1.23. The van der Waals surface area contributed by atoms with Gasteiger partial charge in [0, 0.05) is 47.3 Å². The van der Waals surface area contributed by atoms with E-state index in [0.29, 0.717) is 0 Å². The maximum absolute atomic E-state index is 13.4. The maximum Gasteiger partial charge on any atom is 0.335 e. The molecule has 5 amide bonds. The van der Waals surface area contributed by atoms with E-state index in [4.69, 9.17) is 14.2 Å². The Morgan fingerprint density at radius 1 is 0.597 bits per heavy atom. The average Bonchev–Trinajstić information content (AvgIpc) is 3.28. The predicted octanol–water partition coefficient (Wildman–Crippen LogP) is 6.17. The van der Waals surface area contributed by atoms with Crippen molar-refractivity contribution < 1.29 is 68.0 Å². The van der Waals surface area contributed by atoms with Crippen molar-refractivity contribution >= 4 is 69.9 Å². The summed E-state index contributed by atoms with van der Waals surface area (Å²) in [5.74, 6) is -7.50. The fourth-order valence-corrected chi connectivity index (χ4v) is 6.15. The van der Waals surface area contributed by atoms with Gasteiger partial charge in [0.15, 0.2) is 23.6 Å². The Morgan fingerprint density at radius 3 is 1.61 bits per heavy atom. The Labute approximate surface area is 381 Å². The highest BCUT2D eigenvalue weighted by molar-refractivity contribution is 6.10. The lowest BCUT2D eigenvalue weighted by atomic mass is 10.1. The Morgan fingerprint density at radius 2 is 1.09 bits per heavy atom. The van der Waals surface area contributed by atoms with E-state index in [1.807, 2.05) is 0 Å². The first kappa shape index (κ1) is 49.2. The molecule has 0 radical (unpaired) electrons. The molecule has 0 bridgehead atoms. The van der Waals surface area contributed by atoms with Crippen LogP contribution in [-0.4, -0.2) is 93.2 Å². The molecular weight excluding hydrogens is 877 g/mol. The summed E-state index contributed by atoms with van der Waals surface area (Å²) in [5, 5.41) is 54.1. The number of nitro groups is 1. The van der Waals surface area contributed by atoms with Crippen LogP contribution in [0.15, 0.2) is 103 Å². The molecule has 348 valence electrons. The van der Waals surface area contributed by atoms with Crippen LogP contribution >= 0.6 is 0 Å². The van der Waals surface area contributed by atoms with Gasteiger partial charge in [-0.05, 0) is 119 Å². The molecular formula is C46H44N6O15. The molecule has 21 nitrogen and oxygen atoms in total. The summed E-state index contributed by atoms with van der Waals surface area (Å²) in [6, 6.07) is 20.1. The minimum atomic E-state index is -1.89. The number of nitrogens with one attached hydrogen (secondary N) is 5. The van der Waals surface area contributed by atoms with E-state index in [-0.39, 0.29) is 73.9 Å². The summed E-state index contributed by atoms with van der Waals surface area (Å²) >= 11 is 0. The first-order valence-corrected chi connectivity index (χ1v) is 20.1. The Hall–Kier alpha value is -8.85. The van der Waals surface area contributed by atoms with Crippen LogP contribution in [-0.2, 0) is 14.3 Å². The Bertz CT molecular complexity index is 2700. The van der Waals surface area contributed by atoms with Gasteiger partial charge in [0.1, 0.15) is 5.75 Å². The lowest BCUT2D eigenvalue weighted by molar-refractivity contribution is -0.384. The molecule has 0 saturated carbocycles. The zero-order valence-corrected chi connectivity index (χ0v) is 36.3. The normalized spacial score (nSPS) is 11.7. The number of ether oxygens (including phenoxy) is 3. The molecule has 67 heavy (non-hydrogen) atoms. The number of aliphatic carboxylic acids is 1. The van der Waals surface area contributed by atoms with Crippen molar-refractivity contribution in [3.63, 3.8) is 0 Å². The highest BCUT2D eigenvalue weighted by atomic mass is 16.6. The summed E-state index contributed by atoms with van der Waals surface area (Å²) < 4.78 is 16.7. The number of rotatable bonds is 19. The maximum atomic E-state index is 13.4. The van der Waals surface area contributed by atoms with Gasteiger partial charge in [-0.25, -0.2) is 9.59 Å². The monoisotopic (exact) mass is 920 g/mol. The van der Waals surface area contributed by atoms with Crippen LogP contribution in [0.25, 0.3) is 0 Å². The lowest BCUT2D eigenvalue weighted by Crippen LogP contribution is -2.54. The number of nitro benzene ring substituents is 1. The topological polar surface area (TPSA) is 311 Å². The number of hydrogen-bond donors (Lipinski definition) is 8. The van der Waals surface area contributed by atoms with Crippen LogP contribution in [0.5, 0.6) is 17.2 Å². The number of non-ortho nitro benzene ring substituents is 1. The van der Waals surface area contributed by atoms with Crippen LogP contribution in [0.1, 0.15) is 79.5 Å². The number of phenolic OH excluding ortho intramolecular Hbond substituents is 1. The summed E-state index contributed by atoms with van der Waals surface area (Å²) in [6.45, 7) is 6.75. The van der Waals surface area contributed by atoms with Crippen molar-refractivity contribution in [1.82, 2.24) is 5.32 Å². The van der Waals surface area contributed by atoms with Gasteiger partial charge in [0.05, 0.1) is 39.6 Å².